The van der Waals surface area contributed by atoms with E-state index in [1.807, 2.05) is 67.5 Å². The minimum Gasteiger partial charge on any atom is -0.486 e. The molecule has 1 heterocycles. The van der Waals surface area contributed by atoms with Crippen LogP contribution >= 0.6 is 11.8 Å². The van der Waals surface area contributed by atoms with Crippen molar-refractivity contribution >= 4 is 29.0 Å². The summed E-state index contributed by atoms with van der Waals surface area (Å²) in [5, 5.41) is 11.4. The molecule has 0 fully saturated rings. The molecule has 0 saturated heterocycles. The molecule has 31 heavy (non-hydrogen) atoms. The van der Waals surface area contributed by atoms with Crippen LogP contribution in [0.5, 0.6) is 5.75 Å². The van der Waals surface area contributed by atoms with Crippen molar-refractivity contribution in [3.05, 3.63) is 59.9 Å². The van der Waals surface area contributed by atoms with Crippen LogP contribution in [0.3, 0.4) is 0 Å². The maximum Gasteiger partial charge on any atom is 0.234 e. The van der Waals surface area contributed by atoms with Gasteiger partial charge in [-0.15, -0.1) is 10.2 Å². The van der Waals surface area contributed by atoms with Crippen molar-refractivity contribution in [3.63, 3.8) is 0 Å². The van der Waals surface area contributed by atoms with Gasteiger partial charge in [0, 0.05) is 25.5 Å². The number of nitrogens with zero attached hydrogens (tertiary/aromatic N) is 4. The standard InChI is InChI=1S/C22H28N6O2S/c1-15(2)16-5-11-19(12-6-16)30-13-20-25-26-22(28(20)23)31-14-21(29)24-17-7-9-18(10-8-17)27(3)4/h5-12,15H,13-14,23H2,1-4H3,(H,24,29). The van der Waals surface area contributed by atoms with Gasteiger partial charge in [-0.05, 0) is 47.9 Å². The van der Waals surface area contributed by atoms with E-state index >= 15 is 0 Å². The number of anilines is 2. The lowest BCUT2D eigenvalue weighted by Crippen LogP contribution is -2.18. The highest BCUT2D eigenvalue weighted by atomic mass is 32.2. The lowest BCUT2D eigenvalue weighted by molar-refractivity contribution is -0.113. The van der Waals surface area contributed by atoms with Gasteiger partial charge in [-0.3, -0.25) is 4.79 Å². The predicted octanol–water partition coefficient (Wildman–Crippen LogP) is 3.49. The summed E-state index contributed by atoms with van der Waals surface area (Å²) in [4.78, 5) is 14.2. The van der Waals surface area contributed by atoms with Crippen molar-refractivity contribution in [2.24, 2.45) is 0 Å². The SMILES string of the molecule is CC(C)c1ccc(OCc2nnc(SCC(=O)Nc3ccc(N(C)C)cc3)n2N)cc1. The molecule has 1 amide bonds. The van der Waals surface area contributed by atoms with E-state index in [1.165, 1.54) is 22.0 Å². The summed E-state index contributed by atoms with van der Waals surface area (Å²) in [6.45, 7) is 4.48. The molecule has 3 rings (SSSR count). The van der Waals surface area contributed by atoms with Gasteiger partial charge in [0.25, 0.3) is 0 Å². The quantitative estimate of drug-likeness (QED) is 0.388. The fourth-order valence-electron chi connectivity index (χ4n) is 2.77. The molecule has 3 N–H and O–H groups in total. The zero-order chi connectivity index (χ0) is 22.4. The van der Waals surface area contributed by atoms with Crippen molar-refractivity contribution in [1.29, 1.82) is 0 Å². The first kappa shape index (κ1) is 22.5. The van der Waals surface area contributed by atoms with Crippen LogP contribution < -0.4 is 20.8 Å². The summed E-state index contributed by atoms with van der Waals surface area (Å²) in [7, 11) is 3.93. The number of rotatable bonds is 9. The molecule has 164 valence electrons. The van der Waals surface area contributed by atoms with E-state index in [9.17, 15) is 4.79 Å². The topological polar surface area (TPSA) is 98.3 Å². The second-order valence-electron chi connectivity index (χ2n) is 7.56. The first-order valence-electron chi connectivity index (χ1n) is 9.95. The molecule has 0 aliphatic heterocycles. The number of aromatic nitrogens is 3. The van der Waals surface area contributed by atoms with Crippen LogP contribution in [0.15, 0.2) is 53.7 Å². The van der Waals surface area contributed by atoms with Crippen molar-refractivity contribution < 1.29 is 9.53 Å². The van der Waals surface area contributed by atoms with Gasteiger partial charge in [-0.1, -0.05) is 37.7 Å². The molecule has 0 spiro atoms. The molecule has 0 unspecified atom stereocenters. The third kappa shape index (κ3) is 6.14. The monoisotopic (exact) mass is 440 g/mol. The zero-order valence-electron chi connectivity index (χ0n) is 18.2. The van der Waals surface area contributed by atoms with E-state index in [2.05, 4.69) is 29.4 Å². The minimum absolute atomic E-state index is 0.145. The maximum absolute atomic E-state index is 12.2. The minimum atomic E-state index is -0.145. The van der Waals surface area contributed by atoms with Gasteiger partial charge in [0.2, 0.25) is 11.1 Å². The molecule has 1 aromatic heterocycles. The summed E-state index contributed by atoms with van der Waals surface area (Å²) in [6, 6.07) is 15.6. The number of hydrogen-bond donors (Lipinski definition) is 2. The number of amides is 1. The molecule has 8 nitrogen and oxygen atoms in total. The average molecular weight is 441 g/mol. The molecule has 2 aromatic carbocycles. The van der Waals surface area contributed by atoms with Crippen LogP contribution in [-0.2, 0) is 11.4 Å². The predicted molar refractivity (Wildman–Crippen MR) is 125 cm³/mol. The Bertz CT molecular complexity index is 1000. The Labute approximate surface area is 186 Å². The van der Waals surface area contributed by atoms with E-state index in [0.717, 1.165) is 17.1 Å². The first-order valence-corrected chi connectivity index (χ1v) is 10.9. The van der Waals surface area contributed by atoms with Gasteiger partial charge in [0.15, 0.2) is 5.82 Å². The fraction of sp³-hybridized carbons (Fsp3) is 0.318. The normalized spacial score (nSPS) is 10.9. The lowest BCUT2D eigenvalue weighted by Gasteiger charge is -2.13. The Morgan fingerprint density at radius 2 is 1.81 bits per heavy atom. The number of hydrogen-bond acceptors (Lipinski definition) is 7. The molecule has 0 atom stereocenters. The van der Waals surface area contributed by atoms with Crippen LogP contribution in [0, 0.1) is 0 Å². The van der Waals surface area contributed by atoms with E-state index in [4.69, 9.17) is 10.6 Å². The summed E-state index contributed by atoms with van der Waals surface area (Å²) < 4.78 is 7.11. The smallest absolute Gasteiger partial charge is 0.234 e. The number of nitrogen functional groups attached to an aromatic ring is 1. The lowest BCUT2D eigenvalue weighted by atomic mass is 10.0. The van der Waals surface area contributed by atoms with E-state index in [-0.39, 0.29) is 18.3 Å². The van der Waals surface area contributed by atoms with Gasteiger partial charge in [-0.2, -0.15) is 0 Å². The molecule has 0 aliphatic rings. The van der Waals surface area contributed by atoms with Gasteiger partial charge in [0.1, 0.15) is 12.4 Å². The largest absolute Gasteiger partial charge is 0.486 e. The second-order valence-corrected chi connectivity index (χ2v) is 8.50. The number of benzene rings is 2. The molecular weight excluding hydrogens is 412 g/mol. The van der Waals surface area contributed by atoms with E-state index in [1.54, 1.807) is 0 Å². The summed E-state index contributed by atoms with van der Waals surface area (Å²) in [5.74, 6) is 7.78. The van der Waals surface area contributed by atoms with Crippen molar-refractivity contribution in [1.82, 2.24) is 14.9 Å². The number of nitrogens with two attached hydrogens (primary N) is 1. The van der Waals surface area contributed by atoms with Gasteiger partial charge < -0.3 is 20.8 Å². The zero-order valence-corrected chi connectivity index (χ0v) is 19.0. The van der Waals surface area contributed by atoms with Crippen LogP contribution in [0.1, 0.15) is 31.2 Å². The molecule has 0 aliphatic carbocycles. The molecule has 0 saturated carbocycles. The molecule has 0 radical (unpaired) electrons. The van der Waals surface area contributed by atoms with Crippen LogP contribution in [0.2, 0.25) is 0 Å². The Hall–Kier alpha value is -3.20. The highest BCUT2D eigenvalue weighted by Gasteiger charge is 2.13. The highest BCUT2D eigenvalue weighted by Crippen LogP contribution is 2.21. The van der Waals surface area contributed by atoms with Crippen molar-refractivity contribution in [2.45, 2.75) is 31.5 Å². The molecule has 3 aromatic rings. The Balaban J connectivity index is 1.49. The second kappa shape index (κ2) is 10.2. The first-order chi connectivity index (χ1) is 14.8. The molecule has 9 heteroatoms. The van der Waals surface area contributed by atoms with Crippen LogP contribution in [0.4, 0.5) is 11.4 Å². The van der Waals surface area contributed by atoms with Gasteiger partial charge in [-0.25, -0.2) is 4.68 Å². The fourth-order valence-corrected chi connectivity index (χ4v) is 3.45. The molecule has 0 bridgehead atoms. The highest BCUT2D eigenvalue weighted by molar-refractivity contribution is 7.99. The number of ether oxygens (including phenoxy) is 1. The average Bonchev–Trinajstić information content (AvgIpc) is 3.11. The van der Waals surface area contributed by atoms with Crippen LogP contribution in [0.25, 0.3) is 0 Å². The van der Waals surface area contributed by atoms with E-state index in [0.29, 0.717) is 16.9 Å². The van der Waals surface area contributed by atoms with E-state index < -0.39 is 0 Å². The Kier molecular flexibility index (Phi) is 7.41. The Morgan fingerprint density at radius 1 is 1.13 bits per heavy atom. The number of nitrogens with one attached hydrogen (secondary N) is 1. The third-order valence-electron chi connectivity index (χ3n) is 4.65. The maximum atomic E-state index is 12.2. The number of thioether (sulfide) groups is 1. The number of carbonyl (C=O) groups is 1. The van der Waals surface area contributed by atoms with Crippen molar-refractivity contribution in [3.8, 4) is 5.75 Å². The summed E-state index contributed by atoms with van der Waals surface area (Å²) in [6.07, 6.45) is 0. The van der Waals surface area contributed by atoms with Crippen molar-refractivity contribution in [2.75, 3.05) is 35.9 Å². The molecular formula is C22H28N6O2S. The van der Waals surface area contributed by atoms with Crippen LogP contribution in [-0.4, -0.2) is 40.6 Å². The number of carbonyl (C=O) groups excluding carboxylic acids is 1. The van der Waals surface area contributed by atoms with Gasteiger partial charge >= 0.3 is 0 Å². The summed E-state index contributed by atoms with van der Waals surface area (Å²) >= 11 is 1.22. The Morgan fingerprint density at radius 3 is 2.42 bits per heavy atom. The van der Waals surface area contributed by atoms with Gasteiger partial charge in [0.05, 0.1) is 5.75 Å². The summed E-state index contributed by atoms with van der Waals surface area (Å²) in [5.41, 5.74) is 3.05. The third-order valence-corrected chi connectivity index (χ3v) is 5.59.